The Morgan fingerprint density at radius 3 is 2.72 bits per heavy atom. The molecule has 1 aromatic carbocycles. The quantitative estimate of drug-likeness (QED) is 0.699. The van der Waals surface area contributed by atoms with Crippen LogP contribution >= 0.6 is 0 Å². The number of hydrogen-bond donors (Lipinski definition) is 0. The topological polar surface area (TPSA) is 44.8 Å². The predicted molar refractivity (Wildman–Crippen MR) is 68.5 cm³/mol. The van der Waals surface area contributed by atoms with Crippen LogP contribution in [0, 0.1) is 0 Å². The fourth-order valence-corrected chi connectivity index (χ4v) is 1.52. The van der Waals surface area contributed by atoms with Crippen molar-refractivity contribution < 1.29 is 19.0 Å². The summed E-state index contributed by atoms with van der Waals surface area (Å²) in [5.74, 6) is -0.341. The van der Waals surface area contributed by atoms with E-state index in [1.54, 1.807) is 12.1 Å². The first-order valence-corrected chi connectivity index (χ1v) is 6.04. The molecule has 1 unspecified atom stereocenters. The second kappa shape index (κ2) is 7.84. The highest BCUT2D eigenvalue weighted by atomic mass is 16.5. The zero-order valence-electron chi connectivity index (χ0n) is 11.1. The van der Waals surface area contributed by atoms with Gasteiger partial charge in [0, 0.05) is 6.61 Å². The minimum Gasteiger partial charge on any atom is -0.465 e. The molecule has 0 amide bonds. The molecule has 0 saturated heterocycles. The minimum atomic E-state index is -0.341. The molecule has 0 bridgehead atoms. The molecule has 0 spiro atoms. The van der Waals surface area contributed by atoms with Gasteiger partial charge in [0.25, 0.3) is 0 Å². The lowest BCUT2D eigenvalue weighted by Gasteiger charge is -2.14. The van der Waals surface area contributed by atoms with Gasteiger partial charge in [-0.2, -0.15) is 0 Å². The standard InChI is InChI=1S/C14H20O4/c1-4-17-9-11(2)18-10-12-7-5-6-8-13(12)14(15)16-3/h5-8,11H,4,9-10H2,1-3H3. The Labute approximate surface area is 108 Å². The van der Waals surface area contributed by atoms with Crippen LogP contribution in [0.15, 0.2) is 24.3 Å². The lowest BCUT2D eigenvalue weighted by molar-refractivity contribution is -0.0120. The van der Waals surface area contributed by atoms with Crippen LogP contribution in [0.25, 0.3) is 0 Å². The third-order valence-corrected chi connectivity index (χ3v) is 2.50. The monoisotopic (exact) mass is 252 g/mol. The number of carbonyl (C=O) groups excluding carboxylic acids is 1. The van der Waals surface area contributed by atoms with Gasteiger partial charge in [-0.05, 0) is 25.5 Å². The number of ether oxygens (including phenoxy) is 3. The van der Waals surface area contributed by atoms with Gasteiger partial charge in [-0.25, -0.2) is 4.79 Å². The lowest BCUT2D eigenvalue weighted by Crippen LogP contribution is -2.17. The molecule has 1 rings (SSSR count). The maximum atomic E-state index is 11.5. The minimum absolute atomic E-state index is 0.00402. The van der Waals surface area contributed by atoms with E-state index in [-0.39, 0.29) is 12.1 Å². The molecule has 0 aliphatic heterocycles. The molecular weight excluding hydrogens is 232 g/mol. The van der Waals surface area contributed by atoms with E-state index < -0.39 is 0 Å². The van der Waals surface area contributed by atoms with Gasteiger partial charge in [0.05, 0.1) is 32.0 Å². The molecule has 0 aromatic heterocycles. The number of carbonyl (C=O) groups is 1. The molecule has 0 radical (unpaired) electrons. The number of esters is 1. The van der Waals surface area contributed by atoms with Crippen molar-refractivity contribution in [1.29, 1.82) is 0 Å². The molecule has 0 fully saturated rings. The van der Waals surface area contributed by atoms with Gasteiger partial charge < -0.3 is 14.2 Å². The summed E-state index contributed by atoms with van der Waals surface area (Å²) in [6.45, 7) is 5.48. The molecule has 4 heteroatoms. The van der Waals surface area contributed by atoms with Crippen molar-refractivity contribution in [2.24, 2.45) is 0 Å². The predicted octanol–water partition coefficient (Wildman–Crippen LogP) is 2.41. The molecule has 0 saturated carbocycles. The van der Waals surface area contributed by atoms with Gasteiger partial charge >= 0.3 is 5.97 Å². The Morgan fingerprint density at radius 2 is 2.06 bits per heavy atom. The summed E-state index contributed by atoms with van der Waals surface area (Å²) < 4.78 is 15.6. The van der Waals surface area contributed by atoms with Crippen LogP contribution in [-0.4, -0.2) is 32.4 Å². The largest absolute Gasteiger partial charge is 0.465 e. The second-order valence-electron chi connectivity index (χ2n) is 3.93. The maximum absolute atomic E-state index is 11.5. The van der Waals surface area contributed by atoms with Gasteiger partial charge in [0.15, 0.2) is 0 Å². The van der Waals surface area contributed by atoms with Crippen molar-refractivity contribution in [2.75, 3.05) is 20.3 Å². The first-order valence-electron chi connectivity index (χ1n) is 6.04. The van der Waals surface area contributed by atoms with E-state index in [2.05, 4.69) is 0 Å². The molecule has 100 valence electrons. The number of benzene rings is 1. The van der Waals surface area contributed by atoms with E-state index >= 15 is 0 Å². The van der Waals surface area contributed by atoms with E-state index in [0.717, 1.165) is 5.56 Å². The van der Waals surface area contributed by atoms with Gasteiger partial charge in [0.2, 0.25) is 0 Å². The number of hydrogen-bond acceptors (Lipinski definition) is 4. The van der Waals surface area contributed by atoms with Gasteiger partial charge in [0.1, 0.15) is 0 Å². The van der Waals surface area contributed by atoms with Crippen LogP contribution < -0.4 is 0 Å². The zero-order valence-corrected chi connectivity index (χ0v) is 11.1. The lowest BCUT2D eigenvalue weighted by atomic mass is 10.1. The smallest absolute Gasteiger partial charge is 0.338 e. The van der Waals surface area contributed by atoms with Crippen LogP contribution in [-0.2, 0) is 20.8 Å². The highest BCUT2D eigenvalue weighted by molar-refractivity contribution is 5.90. The zero-order chi connectivity index (χ0) is 13.4. The fourth-order valence-electron chi connectivity index (χ4n) is 1.52. The van der Waals surface area contributed by atoms with Crippen LogP contribution in [0.2, 0.25) is 0 Å². The summed E-state index contributed by atoms with van der Waals surface area (Å²) in [5.41, 5.74) is 1.37. The third kappa shape index (κ3) is 4.47. The summed E-state index contributed by atoms with van der Waals surface area (Å²) in [4.78, 5) is 11.5. The van der Waals surface area contributed by atoms with Crippen LogP contribution in [0.5, 0.6) is 0 Å². The first kappa shape index (κ1) is 14.7. The second-order valence-corrected chi connectivity index (χ2v) is 3.93. The van der Waals surface area contributed by atoms with Crippen molar-refractivity contribution in [2.45, 2.75) is 26.6 Å². The van der Waals surface area contributed by atoms with E-state index in [4.69, 9.17) is 14.2 Å². The Bertz CT molecular complexity index is 376. The summed E-state index contributed by atoms with van der Waals surface area (Å²) in [5, 5.41) is 0. The van der Waals surface area contributed by atoms with Crippen LogP contribution in [0.3, 0.4) is 0 Å². The third-order valence-electron chi connectivity index (χ3n) is 2.50. The van der Waals surface area contributed by atoms with E-state index in [1.165, 1.54) is 7.11 Å². The normalized spacial score (nSPS) is 12.2. The summed E-state index contributed by atoms with van der Waals surface area (Å²) >= 11 is 0. The fraction of sp³-hybridized carbons (Fsp3) is 0.500. The van der Waals surface area contributed by atoms with Gasteiger partial charge in [-0.3, -0.25) is 0 Å². The first-order chi connectivity index (χ1) is 8.69. The van der Waals surface area contributed by atoms with Crippen molar-refractivity contribution in [3.8, 4) is 0 Å². The molecule has 18 heavy (non-hydrogen) atoms. The highest BCUT2D eigenvalue weighted by Gasteiger charge is 2.12. The summed E-state index contributed by atoms with van der Waals surface area (Å²) in [7, 11) is 1.37. The van der Waals surface area contributed by atoms with Gasteiger partial charge in [-0.1, -0.05) is 18.2 Å². The molecule has 0 aliphatic rings. The average Bonchev–Trinajstić information content (AvgIpc) is 2.42. The van der Waals surface area contributed by atoms with E-state index in [9.17, 15) is 4.79 Å². The number of rotatable bonds is 7. The van der Waals surface area contributed by atoms with Crippen LogP contribution in [0.1, 0.15) is 29.8 Å². The Morgan fingerprint density at radius 1 is 1.33 bits per heavy atom. The van der Waals surface area contributed by atoms with Crippen molar-refractivity contribution >= 4 is 5.97 Å². The molecule has 1 aromatic rings. The van der Waals surface area contributed by atoms with Crippen molar-refractivity contribution in [3.05, 3.63) is 35.4 Å². The summed E-state index contributed by atoms with van der Waals surface area (Å²) in [6, 6.07) is 7.27. The van der Waals surface area contributed by atoms with Crippen LogP contribution in [0.4, 0.5) is 0 Å². The average molecular weight is 252 g/mol. The highest BCUT2D eigenvalue weighted by Crippen LogP contribution is 2.12. The molecule has 0 aliphatic carbocycles. The Hall–Kier alpha value is -1.39. The maximum Gasteiger partial charge on any atom is 0.338 e. The molecule has 0 N–H and O–H groups in total. The molecular formula is C14H20O4. The Kier molecular flexibility index (Phi) is 6.39. The van der Waals surface area contributed by atoms with Gasteiger partial charge in [-0.15, -0.1) is 0 Å². The van der Waals surface area contributed by atoms with E-state index in [0.29, 0.717) is 25.4 Å². The summed E-state index contributed by atoms with van der Waals surface area (Å²) in [6.07, 6.45) is -0.00402. The van der Waals surface area contributed by atoms with E-state index in [1.807, 2.05) is 26.0 Å². The molecule has 4 nitrogen and oxygen atoms in total. The SMILES string of the molecule is CCOCC(C)OCc1ccccc1C(=O)OC. The molecule has 0 heterocycles. The number of methoxy groups -OCH3 is 1. The van der Waals surface area contributed by atoms with Crippen molar-refractivity contribution in [1.82, 2.24) is 0 Å². The Balaban J connectivity index is 2.59. The molecule has 1 atom stereocenters. The van der Waals surface area contributed by atoms with Crippen molar-refractivity contribution in [3.63, 3.8) is 0 Å².